The van der Waals surface area contributed by atoms with Crippen molar-refractivity contribution < 1.29 is 24.2 Å². The number of likely N-dealkylation sites (tertiary alicyclic amines) is 1. The number of nitrogens with zero attached hydrogens (tertiary/aromatic N) is 2. The number of hydrogen-bond donors (Lipinski definition) is 1. The van der Waals surface area contributed by atoms with E-state index >= 15 is 0 Å². The molecule has 0 unspecified atom stereocenters. The molecule has 188 valence electrons. The first kappa shape index (κ1) is 26.3. The molecule has 0 aliphatic carbocycles. The van der Waals surface area contributed by atoms with Crippen molar-refractivity contribution in [3.63, 3.8) is 0 Å². The summed E-state index contributed by atoms with van der Waals surface area (Å²) in [6.07, 6.45) is 1.62. The van der Waals surface area contributed by atoms with Crippen molar-refractivity contribution in [1.29, 1.82) is 0 Å². The number of carbonyl (C=O) groups excluding carboxylic acids is 2. The number of hydrogen-bond acceptors (Lipinski definition) is 6. The summed E-state index contributed by atoms with van der Waals surface area (Å²) in [5, 5.41) is 11.2. The molecule has 7 heteroatoms. The van der Waals surface area contributed by atoms with Crippen LogP contribution >= 0.6 is 0 Å². The molecule has 0 bridgehead atoms. The number of rotatable bonds is 11. The minimum atomic E-state index is -0.679. The van der Waals surface area contributed by atoms with E-state index in [-0.39, 0.29) is 17.4 Å². The van der Waals surface area contributed by atoms with Crippen LogP contribution in [-0.2, 0) is 9.59 Å². The molecule has 7 nitrogen and oxygen atoms in total. The SMILES string of the molecule is CCCOc1ccc(C(O)=C2C(=O)C(=O)N(CCCN(C)C)[C@H]2c2ccc(OC(C)C)cc2)cc1. The van der Waals surface area contributed by atoms with Gasteiger partial charge in [-0.2, -0.15) is 0 Å². The van der Waals surface area contributed by atoms with E-state index in [9.17, 15) is 14.7 Å². The van der Waals surface area contributed by atoms with Gasteiger partial charge in [-0.3, -0.25) is 9.59 Å². The maximum Gasteiger partial charge on any atom is 0.295 e. The molecule has 1 aliphatic rings. The van der Waals surface area contributed by atoms with Crippen LogP contribution in [0, 0.1) is 0 Å². The highest BCUT2D eigenvalue weighted by atomic mass is 16.5. The first-order valence-electron chi connectivity index (χ1n) is 12.2. The Morgan fingerprint density at radius 3 is 2.23 bits per heavy atom. The van der Waals surface area contributed by atoms with Crippen LogP contribution in [0.25, 0.3) is 5.76 Å². The lowest BCUT2D eigenvalue weighted by Crippen LogP contribution is -2.32. The quantitative estimate of drug-likeness (QED) is 0.287. The van der Waals surface area contributed by atoms with Crippen LogP contribution in [0.2, 0.25) is 0 Å². The molecule has 1 aliphatic heterocycles. The van der Waals surface area contributed by atoms with E-state index < -0.39 is 17.7 Å². The lowest BCUT2D eigenvalue weighted by molar-refractivity contribution is -0.139. The smallest absolute Gasteiger partial charge is 0.295 e. The van der Waals surface area contributed by atoms with E-state index in [1.54, 1.807) is 29.2 Å². The van der Waals surface area contributed by atoms with E-state index in [4.69, 9.17) is 9.47 Å². The van der Waals surface area contributed by atoms with Crippen molar-refractivity contribution in [2.75, 3.05) is 33.8 Å². The van der Waals surface area contributed by atoms with Crippen LogP contribution in [0.15, 0.2) is 54.1 Å². The fourth-order valence-corrected chi connectivity index (χ4v) is 4.10. The minimum Gasteiger partial charge on any atom is -0.507 e. The number of ether oxygens (including phenoxy) is 2. The number of Topliss-reactive ketones (excluding diaryl/α,β-unsaturated/α-hetero) is 1. The number of aliphatic hydroxyl groups is 1. The third-order valence-corrected chi connectivity index (χ3v) is 5.71. The predicted octanol–water partition coefficient (Wildman–Crippen LogP) is 4.64. The molecule has 0 aromatic heterocycles. The van der Waals surface area contributed by atoms with Gasteiger partial charge >= 0.3 is 0 Å². The number of ketones is 1. The first-order valence-corrected chi connectivity index (χ1v) is 12.2. The number of amides is 1. The van der Waals surface area contributed by atoms with E-state index in [0.717, 1.165) is 18.5 Å². The number of carbonyl (C=O) groups is 2. The van der Waals surface area contributed by atoms with Crippen LogP contribution in [0.1, 0.15) is 50.8 Å². The van der Waals surface area contributed by atoms with Gasteiger partial charge < -0.3 is 24.4 Å². The zero-order chi connectivity index (χ0) is 25.5. The van der Waals surface area contributed by atoms with Crippen LogP contribution in [-0.4, -0.2) is 66.5 Å². The Hall–Kier alpha value is -3.32. The first-order chi connectivity index (χ1) is 16.7. The Labute approximate surface area is 207 Å². The molecule has 2 aromatic carbocycles. The minimum absolute atomic E-state index is 0.0294. The summed E-state index contributed by atoms with van der Waals surface area (Å²) in [6, 6.07) is 13.6. The summed E-state index contributed by atoms with van der Waals surface area (Å²) in [5.74, 6) is -0.0688. The van der Waals surface area contributed by atoms with Gasteiger partial charge in [0, 0.05) is 12.1 Å². The monoisotopic (exact) mass is 480 g/mol. The van der Waals surface area contributed by atoms with Crippen LogP contribution < -0.4 is 9.47 Å². The highest BCUT2D eigenvalue weighted by molar-refractivity contribution is 6.46. The lowest BCUT2D eigenvalue weighted by Gasteiger charge is -2.26. The number of benzene rings is 2. The van der Waals surface area contributed by atoms with Gasteiger partial charge in [-0.25, -0.2) is 0 Å². The summed E-state index contributed by atoms with van der Waals surface area (Å²) in [6.45, 7) is 7.70. The van der Waals surface area contributed by atoms with Gasteiger partial charge in [0.1, 0.15) is 17.3 Å². The third kappa shape index (κ3) is 6.42. The van der Waals surface area contributed by atoms with Crippen molar-refractivity contribution >= 4 is 17.4 Å². The summed E-state index contributed by atoms with van der Waals surface area (Å²) in [4.78, 5) is 29.8. The Morgan fingerprint density at radius 1 is 1.03 bits per heavy atom. The summed E-state index contributed by atoms with van der Waals surface area (Å²) < 4.78 is 11.4. The zero-order valence-corrected chi connectivity index (χ0v) is 21.3. The van der Waals surface area contributed by atoms with Crippen molar-refractivity contribution in [3.05, 3.63) is 65.2 Å². The molecule has 1 fully saturated rings. The van der Waals surface area contributed by atoms with Gasteiger partial charge in [0.2, 0.25) is 0 Å². The highest BCUT2D eigenvalue weighted by Gasteiger charge is 2.45. The molecule has 0 spiro atoms. The van der Waals surface area contributed by atoms with Crippen molar-refractivity contribution in [1.82, 2.24) is 9.80 Å². The van der Waals surface area contributed by atoms with E-state index in [2.05, 4.69) is 0 Å². The Kier molecular flexibility index (Phi) is 8.93. The molecule has 2 aromatic rings. The van der Waals surface area contributed by atoms with Gasteiger partial charge in [-0.05, 0) is 89.3 Å². The summed E-state index contributed by atoms with van der Waals surface area (Å²) >= 11 is 0. The summed E-state index contributed by atoms with van der Waals surface area (Å²) in [7, 11) is 3.93. The standard InChI is InChI=1S/C28H36N2O5/c1-6-18-34-22-12-10-21(11-13-22)26(31)24-25(20-8-14-23(15-9-20)35-19(2)3)30(28(33)27(24)32)17-7-16-29(4)5/h8-15,19,25,31H,6-7,16-18H2,1-5H3/t25-/m0/s1. The van der Waals surface area contributed by atoms with Crippen molar-refractivity contribution in [2.24, 2.45) is 0 Å². The Bertz CT molecular complexity index is 1040. The highest BCUT2D eigenvalue weighted by Crippen LogP contribution is 2.40. The second-order valence-corrected chi connectivity index (χ2v) is 9.26. The number of aliphatic hydroxyl groups excluding tert-OH is 1. The molecule has 1 heterocycles. The Balaban J connectivity index is 2.01. The molecule has 1 amide bonds. The Morgan fingerprint density at radius 2 is 1.66 bits per heavy atom. The van der Waals surface area contributed by atoms with Gasteiger partial charge in [-0.15, -0.1) is 0 Å². The van der Waals surface area contributed by atoms with Crippen LogP contribution in [0.3, 0.4) is 0 Å². The maximum atomic E-state index is 13.2. The fourth-order valence-electron chi connectivity index (χ4n) is 4.10. The third-order valence-electron chi connectivity index (χ3n) is 5.71. The van der Waals surface area contributed by atoms with Gasteiger partial charge in [-0.1, -0.05) is 19.1 Å². The molecule has 0 radical (unpaired) electrons. The predicted molar refractivity (Wildman–Crippen MR) is 137 cm³/mol. The second kappa shape index (κ2) is 11.9. The van der Waals surface area contributed by atoms with Crippen molar-refractivity contribution in [3.8, 4) is 11.5 Å². The topological polar surface area (TPSA) is 79.3 Å². The normalized spacial score (nSPS) is 17.5. The average Bonchev–Trinajstić information content (AvgIpc) is 3.07. The fraction of sp³-hybridized carbons (Fsp3) is 0.429. The van der Waals surface area contributed by atoms with Gasteiger partial charge in [0.15, 0.2) is 0 Å². The average molecular weight is 481 g/mol. The largest absolute Gasteiger partial charge is 0.507 e. The molecule has 3 rings (SSSR count). The second-order valence-electron chi connectivity index (χ2n) is 9.26. The van der Waals surface area contributed by atoms with E-state index in [0.29, 0.717) is 36.6 Å². The molecule has 0 saturated carbocycles. The summed E-state index contributed by atoms with van der Waals surface area (Å²) in [5.41, 5.74) is 1.30. The van der Waals surface area contributed by atoms with Crippen LogP contribution in [0.4, 0.5) is 0 Å². The molecule has 1 saturated heterocycles. The lowest BCUT2D eigenvalue weighted by atomic mass is 9.95. The van der Waals surface area contributed by atoms with Gasteiger partial charge in [0.05, 0.1) is 24.3 Å². The van der Waals surface area contributed by atoms with Gasteiger partial charge in [0.25, 0.3) is 11.7 Å². The van der Waals surface area contributed by atoms with E-state index in [1.807, 2.05) is 64.0 Å². The maximum absolute atomic E-state index is 13.2. The molecular formula is C28H36N2O5. The zero-order valence-electron chi connectivity index (χ0n) is 21.3. The van der Waals surface area contributed by atoms with Crippen molar-refractivity contribution in [2.45, 2.75) is 45.8 Å². The molecule has 1 atom stereocenters. The van der Waals surface area contributed by atoms with E-state index in [1.165, 1.54) is 0 Å². The molecule has 1 N–H and O–H groups in total. The molecular weight excluding hydrogens is 444 g/mol. The van der Waals surface area contributed by atoms with Crippen LogP contribution in [0.5, 0.6) is 11.5 Å². The molecule has 35 heavy (non-hydrogen) atoms.